The van der Waals surface area contributed by atoms with E-state index < -0.39 is 5.60 Å². The third kappa shape index (κ3) is 2.28. The van der Waals surface area contributed by atoms with E-state index >= 15 is 0 Å². The average Bonchev–Trinajstić information content (AvgIpc) is 2.86. The van der Waals surface area contributed by atoms with Crippen molar-refractivity contribution in [2.75, 3.05) is 6.61 Å². The molecule has 0 bridgehead atoms. The molecule has 0 saturated carbocycles. The summed E-state index contributed by atoms with van der Waals surface area (Å²) in [5, 5.41) is 1.30. The Labute approximate surface area is 132 Å². The highest BCUT2D eigenvalue weighted by Crippen LogP contribution is 2.42. The molecule has 0 fully saturated rings. The summed E-state index contributed by atoms with van der Waals surface area (Å²) in [5.41, 5.74) is 4.53. The van der Waals surface area contributed by atoms with Crippen molar-refractivity contribution >= 4 is 16.7 Å². The van der Waals surface area contributed by atoms with Crippen LogP contribution in [0.25, 0.3) is 10.9 Å². The van der Waals surface area contributed by atoms with Gasteiger partial charge in [-0.1, -0.05) is 39.0 Å². The van der Waals surface area contributed by atoms with Gasteiger partial charge < -0.3 is 9.72 Å². The van der Waals surface area contributed by atoms with E-state index in [0.29, 0.717) is 18.9 Å². The summed E-state index contributed by atoms with van der Waals surface area (Å²) >= 11 is 0. The van der Waals surface area contributed by atoms with Gasteiger partial charge in [-0.2, -0.15) is 0 Å². The van der Waals surface area contributed by atoms with Crippen molar-refractivity contribution in [3.05, 3.63) is 35.0 Å². The predicted molar refractivity (Wildman–Crippen MR) is 89.3 cm³/mol. The van der Waals surface area contributed by atoms with E-state index in [-0.39, 0.29) is 5.78 Å². The summed E-state index contributed by atoms with van der Waals surface area (Å²) in [6.07, 6.45) is 2.17. The second-order valence-electron chi connectivity index (χ2n) is 6.73. The highest BCUT2D eigenvalue weighted by Gasteiger charge is 2.40. The first-order valence-electron chi connectivity index (χ1n) is 8.26. The number of hydrogen-bond acceptors (Lipinski definition) is 2. The van der Waals surface area contributed by atoms with Gasteiger partial charge in [0.1, 0.15) is 11.4 Å². The molecule has 3 heteroatoms. The molecule has 1 N–H and O–H groups in total. The van der Waals surface area contributed by atoms with E-state index in [9.17, 15) is 4.79 Å². The lowest BCUT2D eigenvalue weighted by atomic mass is 9.85. The van der Waals surface area contributed by atoms with Crippen LogP contribution in [0, 0.1) is 0 Å². The van der Waals surface area contributed by atoms with Gasteiger partial charge in [0, 0.05) is 17.3 Å². The number of hydrogen-bond donors (Lipinski definition) is 1. The molecule has 3 rings (SSSR count). The lowest BCUT2D eigenvalue weighted by molar-refractivity contribution is -0.128. The van der Waals surface area contributed by atoms with Crippen LogP contribution in [0.3, 0.4) is 0 Å². The van der Waals surface area contributed by atoms with Crippen LogP contribution < -0.4 is 0 Å². The standard InChI is InChI=1S/C19H25NO2/c1-5-19(11-13(4)21)18-16(9-10-22-19)15-8-6-7-14(12(2)3)17(15)20-18/h6-8,12,20H,5,9-11H2,1-4H3. The van der Waals surface area contributed by atoms with Crippen molar-refractivity contribution in [3.8, 4) is 0 Å². The molecule has 2 aromatic rings. The molecule has 3 nitrogen and oxygen atoms in total. The van der Waals surface area contributed by atoms with Crippen molar-refractivity contribution in [2.24, 2.45) is 0 Å². The van der Waals surface area contributed by atoms with Crippen LogP contribution in [-0.4, -0.2) is 17.4 Å². The molecular weight excluding hydrogens is 274 g/mol. The van der Waals surface area contributed by atoms with Crippen molar-refractivity contribution in [3.63, 3.8) is 0 Å². The molecule has 1 aliphatic rings. The number of benzene rings is 1. The monoisotopic (exact) mass is 299 g/mol. The number of nitrogens with one attached hydrogen (secondary N) is 1. The maximum absolute atomic E-state index is 11.8. The van der Waals surface area contributed by atoms with Crippen LogP contribution in [0.15, 0.2) is 18.2 Å². The van der Waals surface area contributed by atoms with Crippen molar-refractivity contribution in [2.45, 2.75) is 58.5 Å². The minimum atomic E-state index is -0.479. The van der Waals surface area contributed by atoms with Gasteiger partial charge in [0.15, 0.2) is 0 Å². The van der Waals surface area contributed by atoms with Gasteiger partial charge in [0.2, 0.25) is 0 Å². The van der Waals surface area contributed by atoms with Crippen molar-refractivity contribution in [1.29, 1.82) is 0 Å². The molecule has 1 unspecified atom stereocenters. The topological polar surface area (TPSA) is 42.1 Å². The molecule has 0 saturated heterocycles. The first kappa shape index (κ1) is 15.3. The zero-order valence-electron chi connectivity index (χ0n) is 14.0. The van der Waals surface area contributed by atoms with E-state index in [4.69, 9.17) is 4.74 Å². The number of aromatic amines is 1. The molecule has 2 heterocycles. The normalized spacial score (nSPS) is 21.3. The van der Waals surface area contributed by atoms with Gasteiger partial charge >= 0.3 is 0 Å². The summed E-state index contributed by atoms with van der Waals surface area (Å²) in [6.45, 7) is 8.87. The minimum absolute atomic E-state index is 0.178. The van der Waals surface area contributed by atoms with Crippen LogP contribution in [0.4, 0.5) is 0 Å². The van der Waals surface area contributed by atoms with Crippen LogP contribution in [0.1, 0.15) is 63.3 Å². The fourth-order valence-corrected chi connectivity index (χ4v) is 3.79. The van der Waals surface area contributed by atoms with E-state index in [1.807, 2.05) is 0 Å². The maximum Gasteiger partial charge on any atom is 0.133 e. The average molecular weight is 299 g/mol. The van der Waals surface area contributed by atoms with Crippen LogP contribution >= 0.6 is 0 Å². The first-order chi connectivity index (χ1) is 10.5. The molecule has 22 heavy (non-hydrogen) atoms. The lowest BCUT2D eigenvalue weighted by Gasteiger charge is -2.36. The Morgan fingerprint density at radius 1 is 1.41 bits per heavy atom. The number of Topliss-reactive ketones (excluding diaryl/α,β-unsaturated/α-hetero) is 1. The van der Waals surface area contributed by atoms with E-state index in [0.717, 1.165) is 18.5 Å². The fraction of sp³-hybridized carbons (Fsp3) is 0.526. The predicted octanol–water partition coefficient (Wildman–Crippen LogP) is 4.45. The van der Waals surface area contributed by atoms with Crippen LogP contribution in [0.2, 0.25) is 0 Å². The number of rotatable bonds is 4. The molecule has 0 amide bonds. The van der Waals surface area contributed by atoms with Gasteiger partial charge in [-0.3, -0.25) is 4.79 Å². The number of carbonyl (C=O) groups excluding carboxylic acids is 1. The number of ether oxygens (including phenoxy) is 1. The molecule has 0 aliphatic carbocycles. The molecule has 1 atom stereocenters. The van der Waals surface area contributed by atoms with Gasteiger partial charge in [0.05, 0.1) is 12.3 Å². The summed E-state index contributed by atoms with van der Waals surface area (Å²) in [5.74, 6) is 0.644. The second-order valence-corrected chi connectivity index (χ2v) is 6.73. The van der Waals surface area contributed by atoms with Gasteiger partial charge in [-0.05, 0) is 36.8 Å². The third-order valence-corrected chi connectivity index (χ3v) is 4.89. The number of fused-ring (bicyclic) bond motifs is 3. The van der Waals surface area contributed by atoms with E-state index in [1.165, 1.54) is 22.0 Å². The Bertz CT molecular complexity index is 714. The summed E-state index contributed by atoms with van der Waals surface area (Å²) < 4.78 is 6.13. The van der Waals surface area contributed by atoms with Crippen LogP contribution in [-0.2, 0) is 21.6 Å². The van der Waals surface area contributed by atoms with E-state index in [2.05, 4.69) is 44.0 Å². The maximum atomic E-state index is 11.8. The smallest absolute Gasteiger partial charge is 0.133 e. The van der Waals surface area contributed by atoms with E-state index in [1.54, 1.807) is 6.92 Å². The Hall–Kier alpha value is -1.61. The molecule has 0 radical (unpaired) electrons. The number of aromatic nitrogens is 1. The zero-order chi connectivity index (χ0) is 15.9. The molecule has 118 valence electrons. The highest BCUT2D eigenvalue weighted by molar-refractivity contribution is 5.89. The largest absolute Gasteiger partial charge is 0.368 e. The highest BCUT2D eigenvalue weighted by atomic mass is 16.5. The lowest BCUT2D eigenvalue weighted by Crippen LogP contribution is -2.36. The van der Waals surface area contributed by atoms with Gasteiger partial charge in [-0.15, -0.1) is 0 Å². The quantitative estimate of drug-likeness (QED) is 0.906. The number of carbonyl (C=O) groups is 1. The molecule has 1 aromatic heterocycles. The molecule has 1 aromatic carbocycles. The first-order valence-corrected chi connectivity index (χ1v) is 8.26. The minimum Gasteiger partial charge on any atom is -0.368 e. The Balaban J connectivity index is 2.25. The van der Waals surface area contributed by atoms with Crippen molar-refractivity contribution in [1.82, 2.24) is 4.98 Å². The zero-order valence-corrected chi connectivity index (χ0v) is 14.0. The number of para-hydroxylation sites is 1. The van der Waals surface area contributed by atoms with Gasteiger partial charge in [-0.25, -0.2) is 0 Å². The fourth-order valence-electron chi connectivity index (χ4n) is 3.79. The SMILES string of the molecule is CCC1(CC(C)=O)OCCc2c1[nH]c1c(C(C)C)cccc21. The van der Waals surface area contributed by atoms with Crippen LogP contribution in [0.5, 0.6) is 0 Å². The second kappa shape index (κ2) is 5.54. The summed E-state index contributed by atoms with van der Waals surface area (Å²) in [7, 11) is 0. The van der Waals surface area contributed by atoms with Gasteiger partial charge in [0.25, 0.3) is 0 Å². The summed E-state index contributed by atoms with van der Waals surface area (Å²) in [6, 6.07) is 6.52. The molecule has 0 spiro atoms. The Kier molecular flexibility index (Phi) is 3.85. The Morgan fingerprint density at radius 2 is 2.18 bits per heavy atom. The Morgan fingerprint density at radius 3 is 2.82 bits per heavy atom. The number of H-pyrrole nitrogens is 1. The molecule has 1 aliphatic heterocycles. The number of ketones is 1. The molecular formula is C19H25NO2. The third-order valence-electron chi connectivity index (χ3n) is 4.89. The van der Waals surface area contributed by atoms with Crippen molar-refractivity contribution < 1.29 is 9.53 Å². The summed E-state index contributed by atoms with van der Waals surface area (Å²) in [4.78, 5) is 15.4.